The fourth-order valence-electron chi connectivity index (χ4n) is 4.30. The highest BCUT2D eigenvalue weighted by Crippen LogP contribution is 2.66. The van der Waals surface area contributed by atoms with Gasteiger partial charge in [0.05, 0.1) is 23.0 Å². The van der Waals surface area contributed by atoms with Crippen LogP contribution < -0.4 is 14.9 Å². The van der Waals surface area contributed by atoms with Crippen molar-refractivity contribution in [2.75, 3.05) is 13.2 Å². The molecule has 2 saturated carbocycles. The molecule has 2 aliphatic carbocycles. The molecule has 0 spiro atoms. The summed E-state index contributed by atoms with van der Waals surface area (Å²) in [6, 6.07) is 3.87. The summed E-state index contributed by atoms with van der Waals surface area (Å²) in [5, 5.41) is 4.19. The van der Waals surface area contributed by atoms with Crippen molar-refractivity contribution in [3.63, 3.8) is 0 Å². The monoisotopic (exact) mass is 470 g/mol. The number of hydrogen-bond donors (Lipinski definition) is 1. The lowest BCUT2D eigenvalue weighted by molar-refractivity contribution is -0.123. The van der Waals surface area contributed by atoms with E-state index in [2.05, 4.69) is 40.0 Å². The van der Waals surface area contributed by atoms with Crippen LogP contribution in [0.3, 0.4) is 0 Å². The van der Waals surface area contributed by atoms with E-state index in [4.69, 9.17) is 9.47 Å². The summed E-state index contributed by atoms with van der Waals surface area (Å²) >= 11 is 2.23. The Kier molecular flexibility index (Phi) is 6.10. The number of fused-ring (bicyclic) bond motifs is 1. The molecule has 1 aromatic carbocycles. The molecule has 0 heterocycles. The highest BCUT2D eigenvalue weighted by Gasteiger charge is 2.64. The standard InChI is InChI=1S/C20H27IN2O3/c1-4-25-16-11-13(10-15(21)18(16)26-5-2)12-22-23-19(24)17-14-8-6-7-9-20(14,17)3/h10-12,14,17H,4-9H2,1-3H3,(H,23,24)/b22-12-/t14-,17+,20-/m1/s1. The molecule has 2 fully saturated rings. The highest BCUT2D eigenvalue weighted by molar-refractivity contribution is 14.1. The lowest BCUT2D eigenvalue weighted by Crippen LogP contribution is -2.22. The number of hydrogen-bond acceptors (Lipinski definition) is 4. The molecule has 1 amide bonds. The van der Waals surface area contributed by atoms with Crippen LogP contribution in [0, 0.1) is 20.8 Å². The van der Waals surface area contributed by atoms with Crippen molar-refractivity contribution in [1.82, 2.24) is 5.43 Å². The maximum Gasteiger partial charge on any atom is 0.244 e. The van der Waals surface area contributed by atoms with E-state index in [9.17, 15) is 4.79 Å². The van der Waals surface area contributed by atoms with Crippen molar-refractivity contribution in [2.24, 2.45) is 22.4 Å². The van der Waals surface area contributed by atoms with Gasteiger partial charge in [-0.25, -0.2) is 5.43 Å². The maximum absolute atomic E-state index is 12.5. The molecule has 0 unspecified atom stereocenters. The van der Waals surface area contributed by atoms with E-state index in [0.717, 1.165) is 21.3 Å². The lowest BCUT2D eigenvalue weighted by atomic mass is 9.90. The number of nitrogens with one attached hydrogen (secondary N) is 1. The zero-order valence-corrected chi connectivity index (χ0v) is 17.8. The Morgan fingerprint density at radius 1 is 1.35 bits per heavy atom. The molecule has 0 saturated heterocycles. The van der Waals surface area contributed by atoms with E-state index in [0.29, 0.717) is 24.9 Å². The van der Waals surface area contributed by atoms with Crippen LogP contribution in [0.5, 0.6) is 11.5 Å². The van der Waals surface area contributed by atoms with Crippen molar-refractivity contribution in [3.8, 4) is 11.5 Å². The van der Waals surface area contributed by atoms with Crippen LogP contribution in [0.25, 0.3) is 0 Å². The van der Waals surface area contributed by atoms with E-state index in [1.807, 2.05) is 26.0 Å². The molecular weight excluding hydrogens is 443 g/mol. The average molecular weight is 470 g/mol. The van der Waals surface area contributed by atoms with E-state index in [-0.39, 0.29) is 17.2 Å². The molecule has 2 aliphatic rings. The zero-order chi connectivity index (χ0) is 18.7. The topological polar surface area (TPSA) is 59.9 Å². The minimum atomic E-state index is 0.0568. The molecule has 3 rings (SSSR count). The first-order valence-corrected chi connectivity index (χ1v) is 10.5. The fourth-order valence-corrected chi connectivity index (χ4v) is 5.08. The number of amides is 1. The second-order valence-electron chi connectivity index (χ2n) is 7.27. The molecule has 1 aromatic rings. The summed E-state index contributed by atoms with van der Waals surface area (Å²) in [7, 11) is 0. The fraction of sp³-hybridized carbons (Fsp3) is 0.600. The van der Waals surface area contributed by atoms with Gasteiger partial charge >= 0.3 is 0 Å². The van der Waals surface area contributed by atoms with Gasteiger partial charge in [-0.1, -0.05) is 19.8 Å². The summed E-state index contributed by atoms with van der Waals surface area (Å²) in [5.41, 5.74) is 3.82. The van der Waals surface area contributed by atoms with Crippen molar-refractivity contribution < 1.29 is 14.3 Å². The number of carbonyl (C=O) groups is 1. The largest absolute Gasteiger partial charge is 0.490 e. The third kappa shape index (κ3) is 3.85. The first-order valence-electron chi connectivity index (χ1n) is 9.43. The number of rotatable bonds is 7. The molecule has 0 radical (unpaired) electrons. The van der Waals surface area contributed by atoms with E-state index < -0.39 is 0 Å². The second kappa shape index (κ2) is 8.15. The number of ether oxygens (including phenoxy) is 2. The lowest BCUT2D eigenvalue weighted by Gasteiger charge is -2.15. The zero-order valence-electron chi connectivity index (χ0n) is 15.7. The molecule has 5 nitrogen and oxygen atoms in total. The van der Waals surface area contributed by atoms with Gasteiger partial charge in [0.2, 0.25) is 5.91 Å². The number of halogens is 1. The average Bonchev–Trinajstić information content (AvgIpc) is 3.23. The van der Waals surface area contributed by atoms with Crippen molar-refractivity contribution in [3.05, 3.63) is 21.3 Å². The number of nitrogens with zero attached hydrogens (tertiary/aromatic N) is 1. The minimum absolute atomic E-state index is 0.0568. The van der Waals surface area contributed by atoms with Gasteiger partial charge in [0.1, 0.15) is 0 Å². The minimum Gasteiger partial charge on any atom is -0.490 e. The van der Waals surface area contributed by atoms with Gasteiger partial charge in [-0.15, -0.1) is 0 Å². The van der Waals surface area contributed by atoms with Crippen LogP contribution in [-0.2, 0) is 4.79 Å². The number of carbonyl (C=O) groups excluding carboxylic acids is 1. The third-order valence-electron chi connectivity index (χ3n) is 5.62. The summed E-state index contributed by atoms with van der Waals surface area (Å²) < 4.78 is 12.3. The van der Waals surface area contributed by atoms with Gasteiger partial charge in [-0.05, 0) is 78.3 Å². The van der Waals surface area contributed by atoms with Crippen molar-refractivity contribution >= 4 is 34.7 Å². The van der Waals surface area contributed by atoms with E-state index in [1.165, 1.54) is 19.3 Å². The van der Waals surface area contributed by atoms with Gasteiger partial charge in [0.15, 0.2) is 11.5 Å². The van der Waals surface area contributed by atoms with Crippen LogP contribution in [-0.4, -0.2) is 25.3 Å². The van der Waals surface area contributed by atoms with Crippen molar-refractivity contribution in [2.45, 2.75) is 46.5 Å². The van der Waals surface area contributed by atoms with Crippen molar-refractivity contribution in [1.29, 1.82) is 0 Å². The quantitative estimate of drug-likeness (QED) is 0.366. The summed E-state index contributed by atoms with van der Waals surface area (Å²) in [4.78, 5) is 12.5. The Hall–Kier alpha value is -1.31. The van der Waals surface area contributed by atoms with E-state index >= 15 is 0 Å². The smallest absolute Gasteiger partial charge is 0.244 e. The van der Waals surface area contributed by atoms with Gasteiger partial charge < -0.3 is 9.47 Å². The van der Waals surface area contributed by atoms with Crippen LogP contribution in [0.2, 0.25) is 0 Å². The SMILES string of the molecule is CCOc1cc(/C=N\NC(=O)[C@@H]2[C@H]3CCCC[C@]32C)cc(I)c1OCC. The predicted molar refractivity (Wildman–Crippen MR) is 111 cm³/mol. The molecule has 0 aromatic heterocycles. The van der Waals surface area contributed by atoms with Crippen LogP contribution in [0.15, 0.2) is 17.2 Å². The normalized spacial score (nSPS) is 27.1. The Balaban J connectivity index is 1.66. The Morgan fingerprint density at radius 2 is 2.12 bits per heavy atom. The second-order valence-corrected chi connectivity index (χ2v) is 8.43. The first-order chi connectivity index (χ1) is 12.5. The molecule has 1 N–H and O–H groups in total. The Morgan fingerprint density at radius 3 is 2.77 bits per heavy atom. The Labute approximate surface area is 169 Å². The van der Waals surface area contributed by atoms with Crippen LogP contribution in [0.1, 0.15) is 52.0 Å². The van der Waals surface area contributed by atoms with Gasteiger partial charge in [-0.3, -0.25) is 4.79 Å². The predicted octanol–water partition coefficient (Wildman–Crippen LogP) is 4.37. The molecule has 142 valence electrons. The van der Waals surface area contributed by atoms with Gasteiger partial charge in [-0.2, -0.15) is 5.10 Å². The van der Waals surface area contributed by atoms with Gasteiger partial charge in [0.25, 0.3) is 0 Å². The first kappa shape index (κ1) is 19.5. The number of benzene rings is 1. The van der Waals surface area contributed by atoms with Crippen LogP contribution >= 0.6 is 22.6 Å². The third-order valence-corrected chi connectivity index (χ3v) is 6.42. The summed E-state index contributed by atoms with van der Waals surface area (Å²) in [6.45, 7) is 7.29. The highest BCUT2D eigenvalue weighted by atomic mass is 127. The molecule has 3 atom stereocenters. The van der Waals surface area contributed by atoms with Crippen LogP contribution in [0.4, 0.5) is 0 Å². The molecule has 6 heteroatoms. The van der Waals surface area contributed by atoms with Gasteiger partial charge in [0, 0.05) is 5.92 Å². The molecular formula is C20H27IN2O3. The molecule has 0 aliphatic heterocycles. The molecule has 0 bridgehead atoms. The maximum atomic E-state index is 12.5. The Bertz CT molecular complexity index is 707. The molecule has 26 heavy (non-hydrogen) atoms. The number of hydrazone groups is 1. The summed E-state index contributed by atoms with van der Waals surface area (Å²) in [5.74, 6) is 2.19. The summed E-state index contributed by atoms with van der Waals surface area (Å²) in [6.07, 6.45) is 6.50. The van der Waals surface area contributed by atoms with E-state index in [1.54, 1.807) is 6.21 Å².